The summed E-state index contributed by atoms with van der Waals surface area (Å²) in [6, 6.07) is 20.0. The van der Waals surface area contributed by atoms with E-state index in [1.54, 1.807) is 30.0 Å². The van der Waals surface area contributed by atoms with Crippen molar-refractivity contribution in [3.05, 3.63) is 88.5 Å². The van der Waals surface area contributed by atoms with Gasteiger partial charge in [0.1, 0.15) is 28.9 Å². The van der Waals surface area contributed by atoms with E-state index < -0.39 is 18.6 Å². The molecule has 0 radical (unpaired) electrons. The molecule has 0 aliphatic carbocycles. The number of rotatable bonds is 11. The molecule has 6 aromatic rings. The van der Waals surface area contributed by atoms with Crippen molar-refractivity contribution in [2.24, 2.45) is 5.92 Å². The van der Waals surface area contributed by atoms with Crippen LogP contribution in [-0.2, 0) is 22.7 Å². The lowest BCUT2D eigenvalue weighted by molar-refractivity contribution is -0.142. The summed E-state index contributed by atoms with van der Waals surface area (Å²) in [6.45, 7) is 3.54. The van der Waals surface area contributed by atoms with Crippen LogP contribution in [0.4, 0.5) is 8.78 Å². The predicted octanol–water partition coefficient (Wildman–Crippen LogP) is 8.02. The Morgan fingerprint density at radius 1 is 0.931 bits per heavy atom. The number of fused-ring (bicyclic) bond motifs is 2. The van der Waals surface area contributed by atoms with Crippen LogP contribution < -0.4 is 4.74 Å². The van der Waals surface area contributed by atoms with E-state index in [0.717, 1.165) is 46.3 Å². The number of hydrogen-bond donors (Lipinski definition) is 1. The van der Waals surface area contributed by atoms with Gasteiger partial charge in [-0.25, -0.2) is 9.97 Å². The molecule has 4 heterocycles. The van der Waals surface area contributed by atoms with Crippen molar-refractivity contribution in [2.45, 2.75) is 58.9 Å². The predicted molar refractivity (Wildman–Crippen MR) is 212 cm³/mol. The van der Waals surface area contributed by atoms with E-state index in [1.807, 2.05) is 62.4 Å². The largest absolute Gasteiger partial charge is 0.480 e. The molecule has 58 heavy (non-hydrogen) atoms. The number of likely N-dealkylation sites (tertiary alicyclic amines) is 2. The minimum Gasteiger partial charge on any atom is -0.480 e. The highest BCUT2D eigenvalue weighted by molar-refractivity contribution is 5.86. The molecule has 8 rings (SSSR count). The third-order valence-electron chi connectivity index (χ3n) is 11.4. The molecule has 0 spiro atoms. The van der Waals surface area contributed by atoms with Gasteiger partial charge in [0.15, 0.2) is 11.2 Å². The van der Waals surface area contributed by atoms with E-state index in [4.69, 9.17) is 23.5 Å². The number of amides is 1. The summed E-state index contributed by atoms with van der Waals surface area (Å²) in [7, 11) is 3.55. The number of aromatic nitrogens is 2. The standard InChI is InChI=1S/C44H42F2N6O6/c1-24-30(8-5-10-32(24)40-48-34-18-29(23-52-14-7-12-36(52)43(54)55)37(57-44(45)46)19-38(34)56-40)31-9-6-11-33(25(31)2)41-49-35-17-26(16-28(20-47)39(35)58-41)21-51-15-13-27(22-51)42(53)50(3)4/h5-6,8-11,16-19,27,36,44H,7,12-15,21-23H2,1-4H3,(H,54,55)/t27?,36-/m0/s1. The SMILES string of the molecule is Cc1c(-c2nc3cc(CN4CCC[C@H]4C(=O)O)c(OC(F)F)cc3o2)cccc1-c1cccc(-c2nc3cc(CN4CCC(C(=O)N(C)C)C4)cc(C#N)c3o2)c1C. The summed E-state index contributed by atoms with van der Waals surface area (Å²) in [5, 5.41) is 19.8. The van der Waals surface area contributed by atoms with Crippen LogP contribution in [-0.4, -0.2) is 88.0 Å². The number of carboxylic acids is 1. The molecule has 2 saturated heterocycles. The number of hydrogen-bond acceptors (Lipinski definition) is 10. The molecule has 0 saturated carbocycles. The second-order valence-electron chi connectivity index (χ2n) is 15.3. The normalized spacial score (nSPS) is 17.4. The fraction of sp³-hybridized carbons (Fsp3) is 0.341. The van der Waals surface area contributed by atoms with Gasteiger partial charge in [-0.05, 0) is 104 Å². The Bertz CT molecular complexity index is 2610. The Morgan fingerprint density at radius 2 is 1.60 bits per heavy atom. The van der Waals surface area contributed by atoms with Crippen LogP contribution in [0.1, 0.15) is 47.1 Å². The maximum atomic E-state index is 13.5. The highest BCUT2D eigenvalue weighted by Crippen LogP contribution is 2.39. The second-order valence-corrected chi connectivity index (χ2v) is 15.3. The van der Waals surface area contributed by atoms with E-state index in [9.17, 15) is 28.7 Å². The number of aliphatic carboxylic acids is 1. The molecule has 2 atom stereocenters. The fourth-order valence-corrected chi connectivity index (χ4v) is 8.46. The second kappa shape index (κ2) is 15.6. The lowest BCUT2D eigenvalue weighted by atomic mass is 9.91. The molecular weight excluding hydrogens is 747 g/mol. The molecule has 2 aliphatic rings. The molecule has 12 nitrogen and oxygen atoms in total. The summed E-state index contributed by atoms with van der Waals surface area (Å²) in [6.07, 6.45) is 1.97. The Kier molecular flexibility index (Phi) is 10.4. The summed E-state index contributed by atoms with van der Waals surface area (Å²) in [5.41, 5.74) is 8.44. The number of carboxylic acid groups (broad SMARTS) is 1. The molecule has 1 N–H and O–H groups in total. The molecule has 14 heteroatoms. The summed E-state index contributed by atoms with van der Waals surface area (Å²) in [4.78, 5) is 39.6. The first-order chi connectivity index (χ1) is 27.9. The van der Waals surface area contributed by atoms with Crippen LogP contribution in [0, 0.1) is 31.1 Å². The van der Waals surface area contributed by atoms with Crippen LogP contribution >= 0.6 is 0 Å². The molecule has 2 fully saturated rings. The first kappa shape index (κ1) is 38.7. The molecule has 2 aliphatic heterocycles. The molecule has 1 amide bonds. The third kappa shape index (κ3) is 7.39. The van der Waals surface area contributed by atoms with E-state index in [1.165, 1.54) is 6.07 Å². The van der Waals surface area contributed by atoms with Crippen molar-refractivity contribution >= 4 is 34.1 Å². The fourth-order valence-electron chi connectivity index (χ4n) is 8.46. The topological polar surface area (TPSA) is 149 Å². The Labute approximate surface area is 333 Å². The molecule has 2 aromatic heterocycles. The number of nitriles is 1. The van der Waals surface area contributed by atoms with Crippen LogP contribution in [0.25, 0.3) is 56.2 Å². The average molecular weight is 789 g/mol. The van der Waals surface area contributed by atoms with Gasteiger partial charge >= 0.3 is 12.6 Å². The maximum Gasteiger partial charge on any atom is 0.387 e. The number of alkyl halides is 2. The van der Waals surface area contributed by atoms with E-state index in [2.05, 4.69) is 11.0 Å². The first-order valence-electron chi connectivity index (χ1n) is 19.2. The Morgan fingerprint density at radius 3 is 2.26 bits per heavy atom. The van der Waals surface area contributed by atoms with E-state index in [0.29, 0.717) is 77.6 Å². The summed E-state index contributed by atoms with van der Waals surface area (Å²) >= 11 is 0. The van der Waals surface area contributed by atoms with Gasteiger partial charge in [0, 0.05) is 56.5 Å². The van der Waals surface area contributed by atoms with Crippen molar-refractivity contribution in [3.63, 3.8) is 0 Å². The number of nitrogens with zero attached hydrogens (tertiary/aromatic N) is 6. The quantitative estimate of drug-likeness (QED) is 0.136. The van der Waals surface area contributed by atoms with Gasteiger partial charge in [0.25, 0.3) is 0 Å². The van der Waals surface area contributed by atoms with Crippen molar-refractivity contribution in [1.29, 1.82) is 5.26 Å². The highest BCUT2D eigenvalue weighted by Gasteiger charge is 2.32. The zero-order valence-electron chi connectivity index (χ0n) is 32.6. The van der Waals surface area contributed by atoms with Gasteiger partial charge in [-0.3, -0.25) is 19.4 Å². The average Bonchev–Trinajstić information content (AvgIpc) is 4.01. The lowest BCUT2D eigenvalue weighted by Crippen LogP contribution is -2.35. The zero-order valence-corrected chi connectivity index (χ0v) is 32.6. The van der Waals surface area contributed by atoms with Gasteiger partial charge < -0.3 is 23.6 Å². The highest BCUT2D eigenvalue weighted by atomic mass is 19.3. The van der Waals surface area contributed by atoms with Gasteiger partial charge in [0.05, 0.1) is 11.5 Å². The lowest BCUT2D eigenvalue weighted by Gasteiger charge is -2.22. The number of benzene rings is 4. The monoisotopic (exact) mass is 788 g/mol. The molecular formula is C44H42F2N6O6. The third-order valence-corrected chi connectivity index (χ3v) is 11.4. The Hall–Kier alpha value is -6.17. The van der Waals surface area contributed by atoms with Gasteiger partial charge in [-0.2, -0.15) is 14.0 Å². The van der Waals surface area contributed by atoms with Gasteiger partial charge in [-0.1, -0.05) is 24.3 Å². The molecule has 298 valence electrons. The first-order valence-corrected chi connectivity index (χ1v) is 19.2. The summed E-state index contributed by atoms with van der Waals surface area (Å²) in [5.74, 6) is -0.276. The maximum absolute atomic E-state index is 13.5. The molecule has 1 unspecified atom stereocenters. The number of halogens is 2. The Balaban J connectivity index is 1.09. The van der Waals surface area contributed by atoms with E-state index in [-0.39, 0.29) is 29.7 Å². The van der Waals surface area contributed by atoms with Crippen LogP contribution in [0.2, 0.25) is 0 Å². The minimum atomic E-state index is -3.08. The van der Waals surface area contributed by atoms with Crippen molar-refractivity contribution in [2.75, 3.05) is 33.7 Å². The number of carbonyl (C=O) groups is 2. The van der Waals surface area contributed by atoms with Crippen LogP contribution in [0.3, 0.4) is 0 Å². The van der Waals surface area contributed by atoms with Crippen LogP contribution in [0.15, 0.2) is 69.5 Å². The van der Waals surface area contributed by atoms with Crippen molar-refractivity contribution in [3.8, 4) is 45.9 Å². The number of oxazole rings is 2. The van der Waals surface area contributed by atoms with Crippen molar-refractivity contribution < 1.29 is 37.0 Å². The minimum absolute atomic E-state index is 0.0414. The molecule has 4 aromatic carbocycles. The zero-order chi connectivity index (χ0) is 40.8. The van der Waals surface area contributed by atoms with Gasteiger partial charge in [-0.15, -0.1) is 0 Å². The van der Waals surface area contributed by atoms with E-state index >= 15 is 0 Å². The number of carbonyl (C=O) groups excluding carboxylic acids is 1. The summed E-state index contributed by atoms with van der Waals surface area (Å²) < 4.78 is 44.4. The van der Waals surface area contributed by atoms with Crippen LogP contribution in [0.5, 0.6) is 5.75 Å². The molecule has 0 bridgehead atoms. The smallest absolute Gasteiger partial charge is 0.387 e. The van der Waals surface area contributed by atoms with Gasteiger partial charge in [0.2, 0.25) is 17.7 Å². The number of ether oxygens (including phenoxy) is 1. The van der Waals surface area contributed by atoms with Crippen molar-refractivity contribution in [1.82, 2.24) is 24.7 Å².